The van der Waals surface area contributed by atoms with Crippen molar-refractivity contribution in [3.8, 4) is 0 Å². The van der Waals surface area contributed by atoms with Gasteiger partial charge in [0.1, 0.15) is 0 Å². The molecule has 1 aliphatic rings. The molecule has 1 unspecified atom stereocenters. The minimum Gasteiger partial charge on any atom is -0.326 e. The van der Waals surface area contributed by atoms with E-state index in [0.717, 1.165) is 12.1 Å². The number of para-hydroxylation sites is 2. The summed E-state index contributed by atoms with van der Waals surface area (Å²) in [6.45, 7) is 0.959. The molecule has 3 aromatic carbocycles. The zero-order chi connectivity index (χ0) is 23.8. The molecule has 0 radical (unpaired) electrons. The monoisotopic (exact) mass is 457 g/mol. The van der Waals surface area contributed by atoms with E-state index in [1.807, 2.05) is 48.5 Å². The first-order valence-corrected chi connectivity index (χ1v) is 11.2. The molecular formula is C26H27N5O3. The zero-order valence-electron chi connectivity index (χ0n) is 18.7. The van der Waals surface area contributed by atoms with Crippen molar-refractivity contribution in [3.63, 3.8) is 0 Å². The summed E-state index contributed by atoms with van der Waals surface area (Å²) in [6.07, 6.45) is 1.46. The number of nitrogens with one attached hydrogen (secondary N) is 4. The number of anilines is 4. The van der Waals surface area contributed by atoms with E-state index >= 15 is 0 Å². The lowest BCUT2D eigenvalue weighted by molar-refractivity contribution is -0.121. The summed E-state index contributed by atoms with van der Waals surface area (Å²) < 4.78 is 0. The van der Waals surface area contributed by atoms with Crippen LogP contribution in [0.5, 0.6) is 0 Å². The van der Waals surface area contributed by atoms with Gasteiger partial charge in [0.05, 0.1) is 5.92 Å². The van der Waals surface area contributed by atoms with E-state index in [-0.39, 0.29) is 23.9 Å². The Kier molecular flexibility index (Phi) is 7.39. The third kappa shape index (κ3) is 6.35. The number of piperidine rings is 1. The summed E-state index contributed by atoms with van der Waals surface area (Å²) in [5, 5.41) is 11.3. The molecule has 0 spiro atoms. The Morgan fingerprint density at radius 2 is 1.24 bits per heavy atom. The number of likely N-dealkylation sites (tertiary alicyclic amines) is 1. The number of carbonyl (C=O) groups excluding carboxylic acids is 3. The van der Waals surface area contributed by atoms with Crippen LogP contribution in [-0.2, 0) is 4.79 Å². The summed E-state index contributed by atoms with van der Waals surface area (Å²) in [5.74, 6) is -0.462. The van der Waals surface area contributed by atoms with E-state index in [1.54, 1.807) is 41.3 Å². The second-order valence-electron chi connectivity index (χ2n) is 8.10. The normalized spacial score (nSPS) is 15.2. The van der Waals surface area contributed by atoms with Gasteiger partial charge in [-0.2, -0.15) is 0 Å². The lowest BCUT2D eigenvalue weighted by atomic mass is 9.97. The average Bonchev–Trinajstić information content (AvgIpc) is 2.85. The Morgan fingerprint density at radius 1 is 0.676 bits per heavy atom. The van der Waals surface area contributed by atoms with Crippen molar-refractivity contribution in [1.82, 2.24) is 4.90 Å². The van der Waals surface area contributed by atoms with E-state index in [0.29, 0.717) is 36.6 Å². The number of nitrogens with zero attached hydrogens (tertiary/aromatic N) is 1. The van der Waals surface area contributed by atoms with E-state index in [9.17, 15) is 14.4 Å². The van der Waals surface area contributed by atoms with E-state index in [4.69, 9.17) is 0 Å². The van der Waals surface area contributed by atoms with Crippen LogP contribution in [0.2, 0.25) is 0 Å². The van der Waals surface area contributed by atoms with Crippen molar-refractivity contribution in [2.45, 2.75) is 12.8 Å². The highest BCUT2D eigenvalue weighted by atomic mass is 16.2. The molecule has 1 heterocycles. The first kappa shape index (κ1) is 22.8. The quantitative estimate of drug-likeness (QED) is 0.423. The first-order valence-electron chi connectivity index (χ1n) is 11.2. The van der Waals surface area contributed by atoms with Crippen LogP contribution in [0.4, 0.5) is 32.3 Å². The van der Waals surface area contributed by atoms with Crippen molar-refractivity contribution in [2.24, 2.45) is 5.92 Å². The second kappa shape index (κ2) is 11.0. The fourth-order valence-corrected chi connectivity index (χ4v) is 3.83. The molecule has 4 rings (SSSR count). The van der Waals surface area contributed by atoms with Gasteiger partial charge in [-0.3, -0.25) is 4.79 Å². The minimum atomic E-state index is -0.373. The fourth-order valence-electron chi connectivity index (χ4n) is 3.83. The van der Waals surface area contributed by atoms with Crippen LogP contribution in [-0.4, -0.2) is 36.0 Å². The van der Waals surface area contributed by atoms with Gasteiger partial charge in [-0.15, -0.1) is 0 Å². The molecule has 8 heteroatoms. The van der Waals surface area contributed by atoms with Gasteiger partial charge in [-0.1, -0.05) is 42.5 Å². The topological polar surface area (TPSA) is 103 Å². The van der Waals surface area contributed by atoms with E-state index in [2.05, 4.69) is 21.3 Å². The van der Waals surface area contributed by atoms with Crippen molar-refractivity contribution in [1.29, 1.82) is 0 Å². The number of hydrogen-bond acceptors (Lipinski definition) is 3. The van der Waals surface area contributed by atoms with Gasteiger partial charge in [0.2, 0.25) is 5.91 Å². The average molecular weight is 458 g/mol. The number of urea groups is 2. The molecule has 5 amide bonds. The molecule has 1 fully saturated rings. The van der Waals surface area contributed by atoms with Crippen LogP contribution in [0.1, 0.15) is 12.8 Å². The molecule has 0 aliphatic carbocycles. The Morgan fingerprint density at radius 3 is 1.91 bits per heavy atom. The fraction of sp³-hybridized carbons (Fsp3) is 0.192. The molecule has 0 aromatic heterocycles. The smallest absolute Gasteiger partial charge is 0.323 e. The molecular weight excluding hydrogens is 430 g/mol. The van der Waals surface area contributed by atoms with Gasteiger partial charge in [-0.25, -0.2) is 9.59 Å². The van der Waals surface area contributed by atoms with E-state index < -0.39 is 0 Å². The first-order chi connectivity index (χ1) is 16.6. The Labute approximate surface area is 198 Å². The van der Waals surface area contributed by atoms with Crippen LogP contribution in [0, 0.1) is 5.92 Å². The van der Waals surface area contributed by atoms with Crippen LogP contribution in [0.3, 0.4) is 0 Å². The molecule has 8 nitrogen and oxygen atoms in total. The highest BCUT2D eigenvalue weighted by molar-refractivity contribution is 6.00. The lowest BCUT2D eigenvalue weighted by Gasteiger charge is -2.32. The Hall–Kier alpha value is -4.33. The zero-order valence-corrected chi connectivity index (χ0v) is 18.7. The molecule has 1 saturated heterocycles. The molecule has 1 atom stereocenters. The summed E-state index contributed by atoms with van der Waals surface area (Å²) in [4.78, 5) is 39.4. The van der Waals surface area contributed by atoms with Crippen molar-refractivity contribution in [2.75, 3.05) is 34.4 Å². The van der Waals surface area contributed by atoms with Gasteiger partial charge in [0.25, 0.3) is 0 Å². The highest BCUT2D eigenvalue weighted by Gasteiger charge is 2.28. The predicted octanol–water partition coefficient (Wildman–Crippen LogP) is 5.21. The van der Waals surface area contributed by atoms with Crippen molar-refractivity contribution >= 4 is 40.7 Å². The summed E-state index contributed by atoms with van der Waals surface area (Å²) in [6, 6.07) is 24.8. The van der Waals surface area contributed by atoms with E-state index in [1.165, 1.54) is 0 Å². The maximum Gasteiger partial charge on any atom is 0.323 e. The van der Waals surface area contributed by atoms with Gasteiger partial charge in [-0.05, 0) is 55.3 Å². The molecule has 0 bridgehead atoms. The predicted molar refractivity (Wildman–Crippen MR) is 134 cm³/mol. The van der Waals surface area contributed by atoms with Crippen molar-refractivity contribution < 1.29 is 14.4 Å². The third-order valence-corrected chi connectivity index (χ3v) is 5.52. The number of rotatable bonds is 5. The van der Waals surface area contributed by atoms with Crippen molar-refractivity contribution in [3.05, 3.63) is 84.9 Å². The number of amides is 5. The van der Waals surface area contributed by atoms with Crippen LogP contribution < -0.4 is 21.3 Å². The van der Waals surface area contributed by atoms with Gasteiger partial charge < -0.3 is 26.2 Å². The molecule has 34 heavy (non-hydrogen) atoms. The lowest BCUT2D eigenvalue weighted by Crippen LogP contribution is -2.45. The molecule has 3 aromatic rings. The highest BCUT2D eigenvalue weighted by Crippen LogP contribution is 2.21. The molecule has 1 aliphatic heterocycles. The number of carbonyl (C=O) groups is 3. The SMILES string of the molecule is O=C(Nc1ccccc1)Nc1cccc(NC(=O)C2CCCN(C(=O)Nc3ccccc3)C2)c1. The maximum atomic E-state index is 12.9. The number of hydrogen-bond donors (Lipinski definition) is 4. The largest absolute Gasteiger partial charge is 0.326 e. The van der Waals surface area contributed by atoms with Gasteiger partial charge >= 0.3 is 12.1 Å². The van der Waals surface area contributed by atoms with Gasteiger partial charge in [0, 0.05) is 35.8 Å². The Balaban J connectivity index is 1.31. The molecule has 0 saturated carbocycles. The molecule has 174 valence electrons. The number of benzene rings is 3. The minimum absolute atomic E-state index is 0.150. The maximum absolute atomic E-state index is 12.9. The Bertz CT molecular complexity index is 1140. The second-order valence-corrected chi connectivity index (χ2v) is 8.10. The summed E-state index contributed by atoms with van der Waals surface area (Å²) >= 11 is 0. The third-order valence-electron chi connectivity index (χ3n) is 5.52. The van der Waals surface area contributed by atoms with Crippen LogP contribution in [0.15, 0.2) is 84.9 Å². The molecule has 4 N–H and O–H groups in total. The van der Waals surface area contributed by atoms with Crippen LogP contribution >= 0.6 is 0 Å². The van der Waals surface area contributed by atoms with Crippen LogP contribution in [0.25, 0.3) is 0 Å². The van der Waals surface area contributed by atoms with Gasteiger partial charge in [0.15, 0.2) is 0 Å². The standard InChI is InChI=1S/C26H27N5O3/c32-24(19-9-8-16-31(18-19)26(34)30-21-12-5-2-6-13-21)27-22-14-7-15-23(17-22)29-25(33)28-20-10-3-1-4-11-20/h1-7,10-15,17,19H,8-9,16,18H2,(H,27,32)(H,30,34)(H2,28,29,33). The summed E-state index contributed by atoms with van der Waals surface area (Å²) in [5.41, 5.74) is 2.54. The summed E-state index contributed by atoms with van der Waals surface area (Å²) in [7, 11) is 0.